The van der Waals surface area contributed by atoms with Gasteiger partial charge in [0.25, 0.3) is 0 Å². The molecule has 6 rings (SSSR count). The van der Waals surface area contributed by atoms with Gasteiger partial charge in [-0.25, -0.2) is 4.79 Å². The van der Waals surface area contributed by atoms with E-state index in [1.807, 2.05) is 24.3 Å². The molecule has 1 spiro atoms. The number of hydrogen-bond donors (Lipinski definition) is 6. The summed E-state index contributed by atoms with van der Waals surface area (Å²) in [5, 5.41) is 52.3. The summed E-state index contributed by atoms with van der Waals surface area (Å²) in [6.45, 7) is 4.29. The van der Waals surface area contributed by atoms with Crippen LogP contribution in [0.3, 0.4) is 0 Å². The highest BCUT2D eigenvalue weighted by Gasteiger charge is 2.55. The molecule has 304 valence electrons. The molecule has 2 saturated heterocycles. The van der Waals surface area contributed by atoms with Crippen molar-refractivity contribution >= 4 is 23.9 Å². The highest BCUT2D eigenvalue weighted by atomic mass is 16.8. The van der Waals surface area contributed by atoms with Gasteiger partial charge in [-0.1, -0.05) is 48.6 Å². The molecule has 1 amide bonds. The summed E-state index contributed by atoms with van der Waals surface area (Å²) in [6, 6.07) is 13.8. The van der Waals surface area contributed by atoms with Crippen LogP contribution < -0.4 is 5.32 Å². The predicted molar refractivity (Wildman–Crippen MR) is 198 cm³/mol. The van der Waals surface area contributed by atoms with Gasteiger partial charge in [0.05, 0.1) is 31.4 Å². The smallest absolute Gasteiger partial charge is 0.338 e. The second kappa shape index (κ2) is 17.6. The fourth-order valence-corrected chi connectivity index (χ4v) is 7.31. The maximum absolute atomic E-state index is 13.6. The first kappa shape index (κ1) is 41.6. The topological polar surface area (TPSA) is 220 Å². The number of rotatable bonds is 13. The third-order valence-electron chi connectivity index (χ3n) is 10.1. The zero-order valence-electron chi connectivity index (χ0n) is 31.6. The van der Waals surface area contributed by atoms with Gasteiger partial charge >= 0.3 is 11.9 Å². The molecule has 9 unspecified atom stereocenters. The van der Waals surface area contributed by atoms with E-state index in [9.17, 15) is 39.9 Å². The van der Waals surface area contributed by atoms with Crippen molar-refractivity contribution in [2.75, 3.05) is 19.8 Å². The van der Waals surface area contributed by atoms with E-state index in [0.717, 1.165) is 11.1 Å². The largest absolute Gasteiger partial charge is 0.460 e. The minimum Gasteiger partial charge on any atom is -0.460 e. The summed E-state index contributed by atoms with van der Waals surface area (Å²) in [5.41, 5.74) is 2.77. The first-order valence-corrected chi connectivity index (χ1v) is 18.8. The maximum atomic E-state index is 13.6. The number of nitrogens with one attached hydrogen (secondary N) is 1. The van der Waals surface area contributed by atoms with Gasteiger partial charge in [0.15, 0.2) is 12.1 Å². The standard InChI is InChI=1S/C41H51NO14/c1-40(2,3)55-32(45)15-14-28(21-43)42-37(49)27-17-29(36-30(18-27)54-41(56-36)19-25-8-4-5-9-26(25)20-41)52-38(50)24-12-10-23(11-13-24)7-6-16-51-39-35(48)34(47)33(46)31(22-44)53-39/h4-13,18,28-31,33-36,39,43-44,46-48H,14-17,19-22H2,1-3H3,(H,42,49). The quantitative estimate of drug-likeness (QED) is 0.158. The third-order valence-corrected chi connectivity index (χ3v) is 10.1. The van der Waals surface area contributed by atoms with Crippen LogP contribution in [-0.4, -0.2) is 130 Å². The Hall–Kier alpha value is -4.03. The molecule has 15 nitrogen and oxygen atoms in total. The number of carbonyl (C=O) groups excluding carboxylic acids is 3. The van der Waals surface area contributed by atoms with Gasteiger partial charge < -0.3 is 59.3 Å². The predicted octanol–water partition coefficient (Wildman–Crippen LogP) is 1.25. The molecule has 15 heteroatoms. The number of fused-ring (bicyclic) bond motifs is 2. The Balaban J connectivity index is 1.10. The van der Waals surface area contributed by atoms with Crippen LogP contribution in [0.25, 0.3) is 6.08 Å². The van der Waals surface area contributed by atoms with Crippen molar-refractivity contribution in [3.8, 4) is 0 Å². The van der Waals surface area contributed by atoms with Gasteiger partial charge in [0.1, 0.15) is 48.3 Å². The van der Waals surface area contributed by atoms with Crippen molar-refractivity contribution in [3.63, 3.8) is 0 Å². The summed E-state index contributed by atoms with van der Waals surface area (Å²) in [5.74, 6) is -2.56. The Kier molecular flexibility index (Phi) is 13.1. The molecule has 2 aromatic carbocycles. The molecule has 6 N–H and O–H groups in total. The number of esters is 2. The SMILES string of the molecule is CC(C)(C)OC(=O)CCC(CO)NC(=O)C1=CC2OC3(Cc4ccccc4C3)OC2C(OC(=O)c2ccc(C=CCOC3OC(CO)C(O)C(O)C3O)cc2)C1. The number of benzene rings is 2. The van der Waals surface area contributed by atoms with Crippen LogP contribution in [0.4, 0.5) is 0 Å². The molecule has 2 heterocycles. The van der Waals surface area contributed by atoms with E-state index < -0.39 is 97.5 Å². The monoisotopic (exact) mass is 781 g/mol. The Morgan fingerprint density at radius 1 is 0.964 bits per heavy atom. The van der Waals surface area contributed by atoms with E-state index in [4.69, 9.17) is 28.4 Å². The van der Waals surface area contributed by atoms with E-state index in [1.165, 1.54) is 0 Å². The van der Waals surface area contributed by atoms with Crippen LogP contribution in [0.1, 0.15) is 67.1 Å². The number of ether oxygens (including phenoxy) is 6. The summed E-state index contributed by atoms with van der Waals surface area (Å²) in [7, 11) is 0. The lowest BCUT2D eigenvalue weighted by molar-refractivity contribution is -0.298. The molecule has 0 aromatic heterocycles. The summed E-state index contributed by atoms with van der Waals surface area (Å²) in [6.07, 6.45) is -3.00. The molecule has 2 aliphatic heterocycles. The van der Waals surface area contributed by atoms with Gasteiger partial charge in [0.2, 0.25) is 5.91 Å². The van der Waals surface area contributed by atoms with Gasteiger partial charge in [-0.15, -0.1) is 0 Å². The number of aliphatic hydroxyl groups excluding tert-OH is 5. The highest BCUT2D eigenvalue weighted by molar-refractivity contribution is 5.94. The number of hydrogen-bond acceptors (Lipinski definition) is 14. The average molecular weight is 782 g/mol. The number of aliphatic hydroxyl groups is 5. The summed E-state index contributed by atoms with van der Waals surface area (Å²) < 4.78 is 35.3. The lowest BCUT2D eigenvalue weighted by Crippen LogP contribution is -2.59. The molecule has 0 radical (unpaired) electrons. The Morgan fingerprint density at radius 3 is 2.30 bits per heavy atom. The van der Waals surface area contributed by atoms with E-state index in [0.29, 0.717) is 24.0 Å². The summed E-state index contributed by atoms with van der Waals surface area (Å²) >= 11 is 0. The van der Waals surface area contributed by atoms with Crippen molar-refractivity contribution in [2.45, 2.75) is 119 Å². The zero-order valence-corrected chi connectivity index (χ0v) is 31.6. The molecule has 0 saturated carbocycles. The molecule has 56 heavy (non-hydrogen) atoms. The average Bonchev–Trinajstić information content (AvgIpc) is 3.72. The molecular weight excluding hydrogens is 730 g/mol. The first-order valence-electron chi connectivity index (χ1n) is 18.8. The fraction of sp³-hybridized carbons (Fsp3) is 0.537. The van der Waals surface area contributed by atoms with Crippen LogP contribution in [0.5, 0.6) is 0 Å². The Morgan fingerprint density at radius 2 is 1.66 bits per heavy atom. The van der Waals surface area contributed by atoms with Crippen molar-refractivity contribution in [3.05, 3.63) is 88.5 Å². The maximum Gasteiger partial charge on any atom is 0.338 e. The normalized spacial score (nSPS) is 28.7. The van der Waals surface area contributed by atoms with Crippen LogP contribution >= 0.6 is 0 Å². The molecule has 2 fully saturated rings. The van der Waals surface area contributed by atoms with Crippen LogP contribution in [0.15, 0.2) is 66.3 Å². The van der Waals surface area contributed by atoms with Crippen molar-refractivity contribution in [2.24, 2.45) is 0 Å². The second-order valence-corrected chi connectivity index (χ2v) is 15.6. The van der Waals surface area contributed by atoms with Crippen molar-refractivity contribution < 1.29 is 68.3 Å². The van der Waals surface area contributed by atoms with E-state index >= 15 is 0 Å². The minimum absolute atomic E-state index is 0.00268. The Bertz CT molecular complexity index is 1740. The Labute approximate surface area is 324 Å². The van der Waals surface area contributed by atoms with E-state index in [2.05, 4.69) is 5.32 Å². The van der Waals surface area contributed by atoms with Crippen molar-refractivity contribution in [1.29, 1.82) is 0 Å². The fourth-order valence-electron chi connectivity index (χ4n) is 7.31. The van der Waals surface area contributed by atoms with Gasteiger partial charge in [-0.2, -0.15) is 0 Å². The molecule has 2 aliphatic carbocycles. The second-order valence-electron chi connectivity index (χ2n) is 15.6. The minimum atomic E-state index is -1.55. The molecule has 9 atom stereocenters. The molecular formula is C41H51NO14. The van der Waals surface area contributed by atoms with E-state index in [1.54, 1.807) is 63.3 Å². The lowest BCUT2D eigenvalue weighted by atomic mass is 9.91. The zero-order chi connectivity index (χ0) is 40.2. The van der Waals surface area contributed by atoms with Crippen molar-refractivity contribution in [1.82, 2.24) is 5.32 Å². The molecule has 0 bridgehead atoms. The molecule has 4 aliphatic rings. The van der Waals surface area contributed by atoms with Gasteiger partial charge in [0, 0.05) is 31.3 Å². The van der Waals surface area contributed by atoms with Crippen LogP contribution in [-0.2, 0) is 50.9 Å². The van der Waals surface area contributed by atoms with Crippen LogP contribution in [0.2, 0.25) is 0 Å². The highest BCUT2D eigenvalue weighted by Crippen LogP contribution is 2.45. The van der Waals surface area contributed by atoms with Gasteiger partial charge in [-0.05, 0) is 62.1 Å². The lowest BCUT2D eigenvalue weighted by Gasteiger charge is -2.39. The number of amides is 1. The summed E-state index contributed by atoms with van der Waals surface area (Å²) in [4.78, 5) is 39.5. The third kappa shape index (κ3) is 9.91. The first-order chi connectivity index (χ1) is 26.7. The van der Waals surface area contributed by atoms with Gasteiger partial charge in [-0.3, -0.25) is 9.59 Å². The number of carbonyl (C=O) groups is 3. The van der Waals surface area contributed by atoms with Crippen LogP contribution in [0, 0.1) is 0 Å². The molecule has 2 aromatic rings. The van der Waals surface area contributed by atoms with E-state index in [-0.39, 0.29) is 31.4 Å².